The molecule has 3 aromatic heterocycles. The van der Waals surface area contributed by atoms with Gasteiger partial charge in [-0.05, 0) is 43.6 Å². The van der Waals surface area contributed by atoms with Crippen molar-refractivity contribution in [3.8, 4) is 11.4 Å². The van der Waals surface area contributed by atoms with Crippen LogP contribution in [0.2, 0.25) is 5.02 Å². The van der Waals surface area contributed by atoms with Gasteiger partial charge in [0.2, 0.25) is 0 Å². The molecule has 0 saturated heterocycles. The van der Waals surface area contributed by atoms with E-state index in [9.17, 15) is 18.7 Å². The minimum atomic E-state index is -1.15. The summed E-state index contributed by atoms with van der Waals surface area (Å²) in [6, 6.07) is 1.77. The Morgan fingerprint density at radius 3 is 2.58 bits per heavy atom. The molecule has 0 unspecified atom stereocenters. The average Bonchev–Trinajstić information content (AvgIpc) is 3.13. The molecule has 3 aliphatic rings. The van der Waals surface area contributed by atoms with Crippen LogP contribution in [0.5, 0.6) is 0 Å². The largest absolute Gasteiger partial charge is 1.00 e. The number of aromatic amines is 1. The first-order valence-electron chi connectivity index (χ1n) is 9.76. The summed E-state index contributed by atoms with van der Waals surface area (Å²) in [5, 5.41) is 22.2. The minimum Gasteiger partial charge on any atom is -0.550 e. The number of halogens is 3. The van der Waals surface area contributed by atoms with Gasteiger partial charge in [0, 0.05) is 35.6 Å². The maximum absolute atomic E-state index is 14.6. The van der Waals surface area contributed by atoms with E-state index in [-0.39, 0.29) is 58.6 Å². The van der Waals surface area contributed by atoms with E-state index in [0.717, 1.165) is 31.7 Å². The molecular weight excluding hydrogens is 439 g/mol. The molecule has 6 rings (SSSR count). The summed E-state index contributed by atoms with van der Waals surface area (Å²) in [6.45, 7) is 0. The van der Waals surface area contributed by atoms with Gasteiger partial charge in [-0.15, -0.1) is 0 Å². The first-order valence-corrected chi connectivity index (χ1v) is 10.1. The number of nitrogens with zero attached hydrogens (tertiary/aromatic N) is 3. The van der Waals surface area contributed by atoms with E-state index < -0.39 is 29.6 Å². The van der Waals surface area contributed by atoms with Gasteiger partial charge in [-0.25, -0.2) is 18.7 Å². The molecule has 0 amide bonds. The normalized spacial score (nSPS) is 24.7. The second-order valence-electron chi connectivity index (χ2n) is 7.96. The first-order chi connectivity index (χ1) is 14.4. The van der Waals surface area contributed by atoms with Gasteiger partial charge in [0.1, 0.15) is 5.69 Å². The zero-order chi connectivity index (χ0) is 21.0. The molecule has 3 aliphatic carbocycles. The Morgan fingerprint density at radius 2 is 1.87 bits per heavy atom. The van der Waals surface area contributed by atoms with Gasteiger partial charge >= 0.3 is 29.6 Å². The van der Waals surface area contributed by atoms with Crippen LogP contribution in [0.25, 0.3) is 22.4 Å². The Hall–Kier alpha value is -1.81. The quantitative estimate of drug-likeness (QED) is 0.533. The van der Waals surface area contributed by atoms with Crippen molar-refractivity contribution in [3.63, 3.8) is 0 Å². The molecule has 156 valence electrons. The van der Waals surface area contributed by atoms with Crippen LogP contribution in [0.4, 0.5) is 14.6 Å². The number of H-pyrrole nitrogens is 1. The average molecular weight is 456 g/mol. The Morgan fingerprint density at radius 1 is 1.16 bits per heavy atom. The van der Waals surface area contributed by atoms with Crippen LogP contribution in [-0.4, -0.2) is 32.2 Å². The number of carbonyl (C=O) groups excluding carboxylic acids is 1. The number of pyridine rings is 2. The minimum absolute atomic E-state index is 0. The van der Waals surface area contributed by atoms with E-state index in [1.54, 1.807) is 6.07 Å². The summed E-state index contributed by atoms with van der Waals surface area (Å²) >= 11 is 5.99. The Labute approximate surface area is 203 Å². The number of hydrogen-bond acceptors (Lipinski definition) is 6. The predicted molar refractivity (Wildman–Crippen MR) is 103 cm³/mol. The molecule has 0 aliphatic heterocycles. The number of aromatic nitrogens is 4. The molecule has 31 heavy (non-hydrogen) atoms. The van der Waals surface area contributed by atoms with E-state index >= 15 is 0 Å². The molecule has 3 fully saturated rings. The summed E-state index contributed by atoms with van der Waals surface area (Å²) < 4.78 is 29.2. The topological polar surface area (TPSA) is 107 Å². The maximum Gasteiger partial charge on any atom is 1.00 e. The van der Waals surface area contributed by atoms with Crippen molar-refractivity contribution < 1.29 is 48.2 Å². The Kier molecular flexibility index (Phi) is 6.22. The predicted octanol–water partition coefficient (Wildman–Crippen LogP) is -0.0779. The smallest absolute Gasteiger partial charge is 0.550 e. The molecule has 2 N–H and O–H groups in total. The third-order valence-corrected chi connectivity index (χ3v) is 6.54. The fourth-order valence-corrected chi connectivity index (χ4v) is 5.11. The van der Waals surface area contributed by atoms with Gasteiger partial charge in [0.25, 0.3) is 0 Å². The van der Waals surface area contributed by atoms with Gasteiger partial charge in [-0.3, -0.25) is 5.10 Å². The molecule has 11 heteroatoms. The molecule has 3 saturated carbocycles. The van der Waals surface area contributed by atoms with E-state index in [0.29, 0.717) is 16.1 Å². The monoisotopic (exact) mass is 455 g/mol. The van der Waals surface area contributed by atoms with E-state index in [4.69, 9.17) is 11.6 Å². The van der Waals surface area contributed by atoms with Crippen molar-refractivity contribution in [1.29, 1.82) is 0 Å². The van der Waals surface area contributed by atoms with Crippen molar-refractivity contribution >= 4 is 34.4 Å². The fourth-order valence-electron chi connectivity index (χ4n) is 4.95. The summed E-state index contributed by atoms with van der Waals surface area (Å²) in [5.74, 6) is -3.80. The standard InChI is InChI=1S/C20H18ClF2N5O2.Na/c21-10-5-11-16(27-28-18(11)24-7-10)17-12(22)6-13(23)19(26-17)25-15-9-3-1-8(2-4-9)14(15)20(29)30;/h5-9,14-15H,1-4H2,(H,25,26)(H,29,30)(H,24,27,28);/q;+1/p-1/t8?,9?,14-,15-;/m1./s1. The number of aliphatic carboxylic acids is 1. The number of hydrogen-bond donors (Lipinski definition) is 2. The van der Waals surface area contributed by atoms with Gasteiger partial charge in [-0.1, -0.05) is 11.6 Å². The number of carbonyl (C=O) groups is 1. The number of carboxylic acid groups (broad SMARTS) is 1. The molecule has 0 aromatic carbocycles. The summed E-state index contributed by atoms with van der Waals surface area (Å²) in [4.78, 5) is 20.0. The number of carboxylic acids is 1. The van der Waals surface area contributed by atoms with Crippen LogP contribution in [0.1, 0.15) is 25.7 Å². The maximum atomic E-state index is 14.6. The summed E-state index contributed by atoms with van der Waals surface area (Å²) in [7, 11) is 0. The van der Waals surface area contributed by atoms with E-state index in [1.165, 1.54) is 6.20 Å². The Bertz CT molecular complexity index is 1150. The zero-order valence-electron chi connectivity index (χ0n) is 16.7. The van der Waals surface area contributed by atoms with Crippen LogP contribution in [0.15, 0.2) is 18.3 Å². The van der Waals surface area contributed by atoms with Crippen LogP contribution in [0.3, 0.4) is 0 Å². The van der Waals surface area contributed by atoms with Gasteiger partial charge < -0.3 is 15.2 Å². The number of nitrogens with one attached hydrogen (secondary N) is 2. The number of rotatable bonds is 4. The van der Waals surface area contributed by atoms with Crippen LogP contribution < -0.4 is 40.0 Å². The third-order valence-electron chi connectivity index (χ3n) is 6.34. The van der Waals surface area contributed by atoms with Crippen molar-refractivity contribution in [2.75, 3.05) is 5.32 Å². The molecule has 0 spiro atoms. The van der Waals surface area contributed by atoms with Gasteiger partial charge in [0.05, 0.1) is 10.7 Å². The van der Waals surface area contributed by atoms with Crippen LogP contribution in [-0.2, 0) is 4.79 Å². The van der Waals surface area contributed by atoms with E-state index in [1.807, 2.05) is 0 Å². The van der Waals surface area contributed by atoms with Crippen LogP contribution >= 0.6 is 11.6 Å². The first kappa shape index (κ1) is 22.4. The molecule has 3 heterocycles. The van der Waals surface area contributed by atoms with Gasteiger partial charge in [-0.2, -0.15) is 5.10 Å². The number of anilines is 1. The van der Waals surface area contributed by atoms with Crippen molar-refractivity contribution in [2.45, 2.75) is 31.7 Å². The number of fused-ring (bicyclic) bond motifs is 4. The Balaban J connectivity index is 0.00000231. The zero-order valence-corrected chi connectivity index (χ0v) is 19.4. The second-order valence-corrected chi connectivity index (χ2v) is 8.40. The molecule has 2 bridgehead atoms. The van der Waals surface area contributed by atoms with Crippen molar-refractivity contribution in [2.24, 2.45) is 17.8 Å². The SMILES string of the molecule is O=C([O-])[C@@H]1C2CCC(CC2)[C@H]1Nc1nc(-c2[nH]nc3ncc(Cl)cc23)c(F)cc1F.[Na+]. The molecule has 2 atom stereocenters. The molecule has 7 nitrogen and oxygen atoms in total. The molecule has 3 aromatic rings. The van der Waals surface area contributed by atoms with E-state index in [2.05, 4.69) is 25.5 Å². The molecular formula is C20H17ClF2N5NaO2. The summed E-state index contributed by atoms with van der Waals surface area (Å²) in [6.07, 6.45) is 4.77. The second kappa shape index (κ2) is 8.61. The van der Waals surface area contributed by atoms with Crippen LogP contribution in [0, 0.1) is 29.4 Å². The van der Waals surface area contributed by atoms with Gasteiger partial charge in [0.15, 0.2) is 23.1 Å². The van der Waals surface area contributed by atoms with Crippen molar-refractivity contribution in [1.82, 2.24) is 20.2 Å². The molecule has 0 radical (unpaired) electrons. The summed E-state index contributed by atoms with van der Waals surface area (Å²) in [5.41, 5.74) is 0.370. The van der Waals surface area contributed by atoms with Crippen molar-refractivity contribution in [3.05, 3.63) is 35.0 Å². The third kappa shape index (κ3) is 3.92. The fraction of sp³-hybridized carbons (Fsp3) is 0.400.